The van der Waals surface area contributed by atoms with Gasteiger partial charge in [0.15, 0.2) is 0 Å². The number of rotatable bonds is 3. The highest BCUT2D eigenvalue weighted by Gasteiger charge is 2.31. The van der Waals surface area contributed by atoms with Gasteiger partial charge in [0.25, 0.3) is 0 Å². The van der Waals surface area contributed by atoms with Crippen molar-refractivity contribution < 1.29 is 9.53 Å². The highest BCUT2D eigenvalue weighted by molar-refractivity contribution is 5.79. The lowest BCUT2D eigenvalue weighted by molar-refractivity contribution is -0.141. The van der Waals surface area contributed by atoms with Crippen molar-refractivity contribution in [3.05, 3.63) is 11.6 Å². The molecule has 0 radical (unpaired) electrons. The van der Waals surface area contributed by atoms with Crippen molar-refractivity contribution in [2.24, 2.45) is 17.8 Å². The molecule has 0 aromatic heterocycles. The normalized spacial score (nSPS) is 31.0. The van der Waals surface area contributed by atoms with Gasteiger partial charge in [0.2, 0.25) is 5.91 Å². The lowest BCUT2D eigenvalue weighted by Crippen LogP contribution is -2.47. The van der Waals surface area contributed by atoms with Crippen LogP contribution in [0.15, 0.2) is 11.6 Å². The second-order valence-electron chi connectivity index (χ2n) is 7.62. The Kier molecular flexibility index (Phi) is 5.76. The van der Waals surface area contributed by atoms with E-state index in [0.29, 0.717) is 19.1 Å². The standard InChI is InChI=1S/C19H32N2O2/c1-15-4-3-5-16(2)18(15)14-20-8-6-17(7-9-20)19(22)21-10-12-23-13-11-21/h4,16-18H,3,5-14H2,1-2H3/t16-,18+/m1/s1. The molecule has 1 amide bonds. The van der Waals surface area contributed by atoms with Crippen molar-refractivity contribution in [3.8, 4) is 0 Å². The first-order valence-corrected chi connectivity index (χ1v) is 9.40. The fourth-order valence-electron chi connectivity index (χ4n) is 4.38. The second kappa shape index (κ2) is 7.80. The van der Waals surface area contributed by atoms with Crippen LogP contribution in [0.2, 0.25) is 0 Å². The number of carbonyl (C=O) groups is 1. The maximum atomic E-state index is 12.6. The molecular weight excluding hydrogens is 288 g/mol. The Morgan fingerprint density at radius 1 is 1.17 bits per heavy atom. The Morgan fingerprint density at radius 3 is 2.52 bits per heavy atom. The van der Waals surface area contributed by atoms with Crippen molar-refractivity contribution in [2.75, 3.05) is 45.9 Å². The van der Waals surface area contributed by atoms with E-state index in [1.54, 1.807) is 5.57 Å². The molecule has 4 nitrogen and oxygen atoms in total. The predicted molar refractivity (Wildman–Crippen MR) is 92.2 cm³/mol. The predicted octanol–water partition coefficient (Wildman–Crippen LogP) is 2.55. The van der Waals surface area contributed by atoms with E-state index in [9.17, 15) is 4.79 Å². The second-order valence-corrected chi connectivity index (χ2v) is 7.62. The van der Waals surface area contributed by atoms with Gasteiger partial charge in [0, 0.05) is 25.6 Å². The molecule has 2 fully saturated rings. The summed E-state index contributed by atoms with van der Waals surface area (Å²) < 4.78 is 5.35. The smallest absolute Gasteiger partial charge is 0.225 e. The quantitative estimate of drug-likeness (QED) is 0.749. The van der Waals surface area contributed by atoms with Crippen LogP contribution in [0.3, 0.4) is 0 Å². The van der Waals surface area contributed by atoms with Crippen LogP contribution in [0.1, 0.15) is 39.5 Å². The number of likely N-dealkylation sites (tertiary alicyclic amines) is 1. The lowest BCUT2D eigenvalue weighted by Gasteiger charge is -2.38. The van der Waals surface area contributed by atoms with Crippen molar-refractivity contribution in [1.29, 1.82) is 0 Å². The number of amides is 1. The Bertz CT molecular complexity index is 435. The van der Waals surface area contributed by atoms with E-state index in [2.05, 4.69) is 24.8 Å². The summed E-state index contributed by atoms with van der Waals surface area (Å²) in [5, 5.41) is 0. The van der Waals surface area contributed by atoms with Crippen LogP contribution in [0.4, 0.5) is 0 Å². The van der Waals surface area contributed by atoms with Crippen LogP contribution in [-0.4, -0.2) is 61.6 Å². The third-order valence-corrected chi connectivity index (χ3v) is 6.07. The van der Waals surface area contributed by atoms with Gasteiger partial charge in [-0.15, -0.1) is 0 Å². The molecule has 2 atom stereocenters. The number of hydrogen-bond donors (Lipinski definition) is 0. The van der Waals surface area contributed by atoms with E-state index in [-0.39, 0.29) is 5.92 Å². The van der Waals surface area contributed by atoms with Crippen LogP contribution >= 0.6 is 0 Å². The van der Waals surface area contributed by atoms with Crippen LogP contribution in [0.5, 0.6) is 0 Å². The van der Waals surface area contributed by atoms with Crippen molar-refractivity contribution in [3.63, 3.8) is 0 Å². The molecule has 130 valence electrons. The summed E-state index contributed by atoms with van der Waals surface area (Å²) in [7, 11) is 0. The van der Waals surface area contributed by atoms with Gasteiger partial charge in [-0.2, -0.15) is 0 Å². The molecule has 3 rings (SSSR count). The van der Waals surface area contributed by atoms with E-state index >= 15 is 0 Å². The average Bonchev–Trinajstić information content (AvgIpc) is 2.59. The average molecular weight is 320 g/mol. The summed E-state index contributed by atoms with van der Waals surface area (Å²) >= 11 is 0. The van der Waals surface area contributed by atoms with Gasteiger partial charge >= 0.3 is 0 Å². The minimum atomic E-state index is 0.241. The summed E-state index contributed by atoms with van der Waals surface area (Å²) in [6.45, 7) is 11.0. The third-order valence-electron chi connectivity index (χ3n) is 6.07. The molecule has 0 aromatic rings. The maximum absolute atomic E-state index is 12.6. The van der Waals surface area contributed by atoms with E-state index in [4.69, 9.17) is 4.74 Å². The Balaban J connectivity index is 1.47. The summed E-state index contributed by atoms with van der Waals surface area (Å²) in [5.41, 5.74) is 1.58. The van der Waals surface area contributed by atoms with Gasteiger partial charge in [-0.05, 0) is 57.5 Å². The third kappa shape index (κ3) is 4.16. The van der Waals surface area contributed by atoms with Crippen LogP contribution in [-0.2, 0) is 9.53 Å². The zero-order chi connectivity index (χ0) is 16.2. The number of piperidine rings is 1. The zero-order valence-electron chi connectivity index (χ0n) is 14.8. The van der Waals surface area contributed by atoms with Gasteiger partial charge in [-0.25, -0.2) is 0 Å². The molecule has 23 heavy (non-hydrogen) atoms. The van der Waals surface area contributed by atoms with E-state index < -0.39 is 0 Å². The minimum absolute atomic E-state index is 0.241. The zero-order valence-corrected chi connectivity index (χ0v) is 14.8. The number of morpholine rings is 1. The van der Waals surface area contributed by atoms with E-state index in [1.165, 1.54) is 19.4 Å². The maximum Gasteiger partial charge on any atom is 0.225 e. The number of carbonyl (C=O) groups excluding carboxylic acids is 1. The highest BCUT2D eigenvalue weighted by Crippen LogP contribution is 2.32. The van der Waals surface area contributed by atoms with Crippen molar-refractivity contribution in [1.82, 2.24) is 9.80 Å². The molecule has 0 spiro atoms. The molecule has 2 aliphatic heterocycles. The van der Waals surface area contributed by atoms with Crippen LogP contribution < -0.4 is 0 Å². The summed E-state index contributed by atoms with van der Waals surface area (Å²) in [6.07, 6.45) is 7.06. The molecule has 4 heteroatoms. The molecule has 1 aliphatic carbocycles. The lowest BCUT2D eigenvalue weighted by atomic mass is 9.79. The monoisotopic (exact) mass is 320 g/mol. The molecule has 2 heterocycles. The number of nitrogens with zero attached hydrogens (tertiary/aromatic N) is 2. The number of hydrogen-bond acceptors (Lipinski definition) is 3. The molecule has 0 unspecified atom stereocenters. The largest absolute Gasteiger partial charge is 0.378 e. The fourth-order valence-corrected chi connectivity index (χ4v) is 4.38. The van der Waals surface area contributed by atoms with Gasteiger partial charge in [0.1, 0.15) is 0 Å². The Morgan fingerprint density at radius 2 is 1.87 bits per heavy atom. The topological polar surface area (TPSA) is 32.8 Å². The molecule has 0 saturated carbocycles. The SMILES string of the molecule is CC1=CCC[C@@H](C)[C@H]1CN1CCC(C(=O)N2CCOCC2)CC1. The minimum Gasteiger partial charge on any atom is -0.378 e. The molecule has 0 bridgehead atoms. The van der Waals surface area contributed by atoms with Crippen molar-refractivity contribution in [2.45, 2.75) is 39.5 Å². The first-order chi connectivity index (χ1) is 11.1. The Hall–Kier alpha value is -0.870. The van der Waals surface area contributed by atoms with Gasteiger partial charge in [0.05, 0.1) is 13.2 Å². The summed E-state index contributed by atoms with van der Waals surface area (Å²) in [6, 6.07) is 0. The first kappa shape index (κ1) is 17.0. The molecule has 3 aliphatic rings. The summed E-state index contributed by atoms with van der Waals surface area (Å²) in [4.78, 5) is 17.2. The van der Waals surface area contributed by atoms with Gasteiger partial charge in [-0.3, -0.25) is 4.79 Å². The molecule has 2 saturated heterocycles. The van der Waals surface area contributed by atoms with E-state index in [0.717, 1.165) is 50.9 Å². The van der Waals surface area contributed by atoms with Gasteiger partial charge < -0.3 is 14.5 Å². The molecule has 0 N–H and O–H groups in total. The number of ether oxygens (including phenoxy) is 1. The number of allylic oxidation sites excluding steroid dienone is 1. The van der Waals surface area contributed by atoms with E-state index in [1.807, 2.05) is 4.90 Å². The summed E-state index contributed by atoms with van der Waals surface area (Å²) in [5.74, 6) is 2.13. The highest BCUT2D eigenvalue weighted by atomic mass is 16.5. The fraction of sp³-hybridized carbons (Fsp3) is 0.842. The molecule has 0 aromatic carbocycles. The Labute approximate surface area is 140 Å². The van der Waals surface area contributed by atoms with Crippen molar-refractivity contribution >= 4 is 5.91 Å². The van der Waals surface area contributed by atoms with Crippen LogP contribution in [0, 0.1) is 17.8 Å². The first-order valence-electron chi connectivity index (χ1n) is 9.40. The van der Waals surface area contributed by atoms with Crippen LogP contribution in [0.25, 0.3) is 0 Å². The molecular formula is C19H32N2O2. The van der Waals surface area contributed by atoms with Gasteiger partial charge in [-0.1, -0.05) is 18.6 Å².